The van der Waals surface area contributed by atoms with Crippen molar-refractivity contribution in [3.63, 3.8) is 0 Å². The summed E-state index contributed by atoms with van der Waals surface area (Å²) >= 11 is 5.98. The van der Waals surface area contributed by atoms with Crippen LogP contribution in [-0.2, 0) is 0 Å². The molecule has 0 saturated heterocycles. The van der Waals surface area contributed by atoms with Crippen LogP contribution in [-0.4, -0.2) is 15.2 Å². The highest BCUT2D eigenvalue weighted by Crippen LogP contribution is 2.18. The van der Waals surface area contributed by atoms with Crippen molar-refractivity contribution in [2.24, 2.45) is 0 Å². The fraction of sp³-hybridized carbons (Fsp3) is 0.400. The molecule has 3 heteroatoms. The standard InChI is InChI=1S/C10H15ClOSi/c1-12-9-5-8(11)6-10(7-9)13(2,3)4/h5-7H,1-4H3. The number of hydrogen-bond acceptors (Lipinski definition) is 1. The molecule has 0 aliphatic rings. The van der Waals surface area contributed by atoms with Crippen LogP contribution in [0, 0.1) is 0 Å². The molecule has 0 amide bonds. The zero-order chi connectivity index (χ0) is 10.1. The van der Waals surface area contributed by atoms with Gasteiger partial charge in [-0.05, 0) is 18.2 Å². The Labute approximate surface area is 85.7 Å². The fourth-order valence-electron chi connectivity index (χ4n) is 1.11. The minimum Gasteiger partial charge on any atom is -0.497 e. The highest BCUT2D eigenvalue weighted by atomic mass is 35.5. The van der Waals surface area contributed by atoms with Gasteiger partial charge in [-0.3, -0.25) is 0 Å². The molecule has 1 rings (SSSR count). The molecule has 0 atom stereocenters. The first-order valence-electron chi connectivity index (χ1n) is 4.28. The van der Waals surface area contributed by atoms with Gasteiger partial charge in [0.2, 0.25) is 0 Å². The van der Waals surface area contributed by atoms with Crippen molar-refractivity contribution in [3.05, 3.63) is 23.2 Å². The van der Waals surface area contributed by atoms with Crippen LogP contribution >= 0.6 is 11.6 Å². The van der Waals surface area contributed by atoms with Crippen molar-refractivity contribution < 1.29 is 4.74 Å². The maximum absolute atomic E-state index is 5.98. The van der Waals surface area contributed by atoms with E-state index in [0.717, 1.165) is 10.8 Å². The summed E-state index contributed by atoms with van der Waals surface area (Å²) in [6.07, 6.45) is 0. The zero-order valence-corrected chi connectivity index (χ0v) is 10.3. The lowest BCUT2D eigenvalue weighted by atomic mass is 10.3. The summed E-state index contributed by atoms with van der Waals surface area (Å²) in [5.41, 5.74) is 0. The zero-order valence-electron chi connectivity index (χ0n) is 8.52. The second-order valence-corrected chi connectivity index (χ2v) is 9.64. The average molecular weight is 215 g/mol. The third-order valence-electron chi connectivity index (χ3n) is 1.97. The Morgan fingerprint density at radius 3 is 2.23 bits per heavy atom. The van der Waals surface area contributed by atoms with Crippen LogP contribution < -0.4 is 9.92 Å². The van der Waals surface area contributed by atoms with Crippen LogP contribution in [0.1, 0.15) is 0 Å². The molecule has 1 aromatic carbocycles. The van der Waals surface area contributed by atoms with Crippen LogP contribution in [0.25, 0.3) is 0 Å². The lowest BCUT2D eigenvalue weighted by molar-refractivity contribution is 0.415. The maximum Gasteiger partial charge on any atom is 0.120 e. The molecule has 0 heterocycles. The normalized spacial score (nSPS) is 11.5. The van der Waals surface area contributed by atoms with Crippen molar-refractivity contribution in [2.45, 2.75) is 19.6 Å². The molecule has 0 aliphatic heterocycles. The predicted octanol–water partition coefficient (Wildman–Crippen LogP) is 2.89. The summed E-state index contributed by atoms with van der Waals surface area (Å²) in [5.74, 6) is 0.852. The molecule has 0 bridgehead atoms. The van der Waals surface area contributed by atoms with Gasteiger partial charge in [-0.25, -0.2) is 0 Å². The molecular formula is C10H15ClOSi. The number of halogens is 1. The minimum atomic E-state index is -1.28. The quantitative estimate of drug-likeness (QED) is 0.688. The highest BCUT2D eigenvalue weighted by Gasteiger charge is 2.17. The van der Waals surface area contributed by atoms with Gasteiger partial charge in [0.05, 0.1) is 15.2 Å². The van der Waals surface area contributed by atoms with E-state index in [1.807, 2.05) is 12.1 Å². The topological polar surface area (TPSA) is 9.23 Å². The molecule has 0 aromatic heterocycles. The Morgan fingerprint density at radius 2 is 1.77 bits per heavy atom. The van der Waals surface area contributed by atoms with Crippen molar-refractivity contribution >= 4 is 24.9 Å². The van der Waals surface area contributed by atoms with E-state index in [2.05, 4.69) is 25.7 Å². The lowest BCUT2D eigenvalue weighted by Gasteiger charge is -2.17. The summed E-state index contributed by atoms with van der Waals surface area (Å²) in [7, 11) is 0.390. The summed E-state index contributed by atoms with van der Waals surface area (Å²) in [6.45, 7) is 6.87. The second-order valence-electron chi connectivity index (χ2n) is 4.13. The Bertz CT molecular complexity index is 304. The van der Waals surface area contributed by atoms with Crippen LogP contribution in [0.15, 0.2) is 18.2 Å². The molecule has 1 aromatic rings. The van der Waals surface area contributed by atoms with Crippen molar-refractivity contribution in [2.75, 3.05) is 7.11 Å². The summed E-state index contributed by atoms with van der Waals surface area (Å²) in [4.78, 5) is 0. The van der Waals surface area contributed by atoms with Crippen molar-refractivity contribution in [3.8, 4) is 5.75 Å². The third-order valence-corrected chi connectivity index (χ3v) is 4.21. The molecule has 0 aliphatic carbocycles. The predicted molar refractivity (Wildman–Crippen MR) is 61.0 cm³/mol. The molecule has 0 radical (unpaired) electrons. The van der Waals surface area contributed by atoms with E-state index in [1.165, 1.54) is 5.19 Å². The van der Waals surface area contributed by atoms with E-state index in [9.17, 15) is 0 Å². The van der Waals surface area contributed by atoms with Gasteiger partial charge >= 0.3 is 0 Å². The molecule has 72 valence electrons. The first-order valence-corrected chi connectivity index (χ1v) is 8.16. The van der Waals surface area contributed by atoms with Crippen LogP contribution in [0.2, 0.25) is 24.7 Å². The van der Waals surface area contributed by atoms with E-state index in [4.69, 9.17) is 16.3 Å². The SMILES string of the molecule is COc1cc(Cl)cc([Si](C)(C)C)c1. The highest BCUT2D eigenvalue weighted by molar-refractivity contribution is 6.88. The second kappa shape index (κ2) is 3.72. The van der Waals surface area contributed by atoms with Crippen LogP contribution in [0.3, 0.4) is 0 Å². The first-order chi connectivity index (χ1) is 5.93. The molecule has 0 N–H and O–H groups in total. The van der Waals surface area contributed by atoms with Gasteiger partial charge in [0, 0.05) is 5.02 Å². The number of rotatable bonds is 2. The Hall–Kier alpha value is -0.473. The molecule has 1 nitrogen and oxygen atoms in total. The third kappa shape index (κ3) is 2.74. The fourth-order valence-corrected chi connectivity index (χ4v) is 2.59. The van der Waals surface area contributed by atoms with Crippen molar-refractivity contribution in [1.29, 1.82) is 0 Å². The Morgan fingerprint density at radius 1 is 1.15 bits per heavy atom. The van der Waals surface area contributed by atoms with E-state index in [0.29, 0.717) is 0 Å². The van der Waals surface area contributed by atoms with E-state index < -0.39 is 8.07 Å². The number of benzene rings is 1. The van der Waals surface area contributed by atoms with Crippen LogP contribution in [0.5, 0.6) is 5.75 Å². The van der Waals surface area contributed by atoms with Gasteiger partial charge < -0.3 is 4.74 Å². The van der Waals surface area contributed by atoms with Gasteiger partial charge in [0.1, 0.15) is 5.75 Å². The number of ether oxygens (including phenoxy) is 1. The van der Waals surface area contributed by atoms with Crippen LogP contribution in [0.4, 0.5) is 0 Å². The molecular weight excluding hydrogens is 200 g/mol. The van der Waals surface area contributed by atoms with E-state index in [1.54, 1.807) is 7.11 Å². The number of methoxy groups -OCH3 is 1. The van der Waals surface area contributed by atoms with Gasteiger partial charge in [-0.2, -0.15) is 0 Å². The molecule has 13 heavy (non-hydrogen) atoms. The van der Waals surface area contributed by atoms with E-state index in [-0.39, 0.29) is 0 Å². The van der Waals surface area contributed by atoms with Gasteiger partial charge in [-0.1, -0.05) is 36.4 Å². The first kappa shape index (κ1) is 10.6. The summed E-state index contributed by atoms with van der Waals surface area (Å²) in [6, 6.07) is 5.96. The largest absolute Gasteiger partial charge is 0.497 e. The van der Waals surface area contributed by atoms with Crippen molar-refractivity contribution in [1.82, 2.24) is 0 Å². The van der Waals surface area contributed by atoms with Gasteiger partial charge in [-0.15, -0.1) is 0 Å². The molecule has 0 saturated carbocycles. The molecule has 0 fully saturated rings. The Kier molecular flexibility index (Phi) is 3.04. The van der Waals surface area contributed by atoms with Gasteiger partial charge in [0.15, 0.2) is 0 Å². The number of hydrogen-bond donors (Lipinski definition) is 0. The van der Waals surface area contributed by atoms with E-state index >= 15 is 0 Å². The summed E-state index contributed by atoms with van der Waals surface area (Å²) < 4.78 is 5.17. The average Bonchev–Trinajstić information content (AvgIpc) is 2.01. The summed E-state index contributed by atoms with van der Waals surface area (Å²) in [5, 5.41) is 2.09. The minimum absolute atomic E-state index is 0.761. The smallest absolute Gasteiger partial charge is 0.120 e. The maximum atomic E-state index is 5.98. The Balaban J connectivity index is 3.16. The van der Waals surface area contributed by atoms with Gasteiger partial charge in [0.25, 0.3) is 0 Å². The molecule has 0 unspecified atom stereocenters. The molecule has 0 spiro atoms. The lowest BCUT2D eigenvalue weighted by Crippen LogP contribution is -2.37. The monoisotopic (exact) mass is 214 g/mol.